The van der Waals surface area contributed by atoms with Gasteiger partial charge in [0, 0.05) is 39.9 Å². The normalized spacial score (nSPS) is 18.5. The number of methoxy groups -OCH3 is 1. The Bertz CT molecular complexity index is 341. The van der Waals surface area contributed by atoms with Crippen LogP contribution in [0.5, 0.6) is 0 Å². The smallest absolute Gasteiger partial charge is 0.214 e. The maximum absolute atomic E-state index is 12.1. The second-order valence-corrected chi connectivity index (χ2v) is 7.34. The number of ether oxygens (including phenoxy) is 1. The Morgan fingerprint density at radius 3 is 2.35 bits per heavy atom. The van der Waals surface area contributed by atoms with Gasteiger partial charge >= 0.3 is 0 Å². The molecule has 0 aromatic rings. The molecule has 0 bridgehead atoms. The van der Waals surface area contributed by atoms with Crippen molar-refractivity contribution in [3.8, 4) is 0 Å². The van der Waals surface area contributed by atoms with Crippen molar-refractivity contribution < 1.29 is 13.2 Å². The van der Waals surface area contributed by atoms with Crippen molar-refractivity contribution >= 4 is 10.0 Å². The van der Waals surface area contributed by atoms with E-state index in [1.807, 2.05) is 0 Å². The van der Waals surface area contributed by atoms with Crippen molar-refractivity contribution in [2.75, 3.05) is 58.7 Å². The summed E-state index contributed by atoms with van der Waals surface area (Å²) in [5, 5.41) is 0. The van der Waals surface area contributed by atoms with Gasteiger partial charge < -0.3 is 15.4 Å². The Morgan fingerprint density at radius 1 is 1.05 bits per heavy atom. The van der Waals surface area contributed by atoms with E-state index in [4.69, 9.17) is 10.5 Å². The highest BCUT2D eigenvalue weighted by Crippen LogP contribution is 2.10. The first-order valence-electron chi connectivity index (χ1n) is 7.49. The average molecular weight is 307 g/mol. The Morgan fingerprint density at radius 2 is 1.75 bits per heavy atom. The van der Waals surface area contributed by atoms with Crippen molar-refractivity contribution in [2.45, 2.75) is 25.7 Å². The molecule has 0 unspecified atom stereocenters. The van der Waals surface area contributed by atoms with Crippen molar-refractivity contribution in [1.29, 1.82) is 0 Å². The minimum Gasteiger partial charge on any atom is -0.385 e. The zero-order valence-electron chi connectivity index (χ0n) is 12.6. The monoisotopic (exact) mass is 307 g/mol. The van der Waals surface area contributed by atoms with Crippen LogP contribution < -0.4 is 5.73 Å². The summed E-state index contributed by atoms with van der Waals surface area (Å²) in [5.41, 5.74) is 5.47. The molecule has 1 aliphatic rings. The van der Waals surface area contributed by atoms with Crippen LogP contribution in [0, 0.1) is 0 Å². The lowest BCUT2D eigenvalue weighted by atomic mass is 10.2. The van der Waals surface area contributed by atoms with Gasteiger partial charge in [0.2, 0.25) is 10.0 Å². The van der Waals surface area contributed by atoms with Crippen molar-refractivity contribution in [3.05, 3.63) is 0 Å². The van der Waals surface area contributed by atoms with Crippen LogP contribution >= 0.6 is 0 Å². The molecule has 20 heavy (non-hydrogen) atoms. The number of rotatable bonds is 10. The van der Waals surface area contributed by atoms with E-state index in [2.05, 4.69) is 4.90 Å². The summed E-state index contributed by atoms with van der Waals surface area (Å²) in [7, 11) is -1.50. The van der Waals surface area contributed by atoms with Crippen molar-refractivity contribution in [2.24, 2.45) is 5.73 Å². The predicted octanol–water partition coefficient (Wildman–Crippen LogP) is 0.0993. The molecule has 2 N–H and O–H groups in total. The average Bonchev–Trinajstić information content (AvgIpc) is 2.44. The van der Waals surface area contributed by atoms with Gasteiger partial charge in [0.1, 0.15) is 0 Å². The molecule has 0 aromatic heterocycles. The zero-order valence-corrected chi connectivity index (χ0v) is 13.4. The Kier molecular flexibility index (Phi) is 8.63. The number of piperazine rings is 1. The second kappa shape index (κ2) is 9.68. The van der Waals surface area contributed by atoms with E-state index in [0.717, 1.165) is 45.4 Å². The molecule has 1 saturated heterocycles. The molecule has 120 valence electrons. The third kappa shape index (κ3) is 6.49. The van der Waals surface area contributed by atoms with E-state index in [-0.39, 0.29) is 5.75 Å². The SMILES string of the molecule is COCCCS(=O)(=O)N1CCN(CCCCCN)CC1. The Labute approximate surface area is 123 Å². The summed E-state index contributed by atoms with van der Waals surface area (Å²) in [6, 6.07) is 0. The highest BCUT2D eigenvalue weighted by Gasteiger charge is 2.26. The standard InChI is InChI=1S/C13H29N3O3S/c1-19-12-5-13-20(17,18)16-10-8-15(9-11-16)7-4-2-3-6-14/h2-14H2,1H3. The zero-order chi connectivity index (χ0) is 14.8. The molecule has 0 atom stereocenters. The molecule has 0 radical (unpaired) electrons. The van der Waals surface area contributed by atoms with Crippen LogP contribution in [-0.2, 0) is 14.8 Å². The van der Waals surface area contributed by atoms with Gasteiger partial charge in [-0.15, -0.1) is 0 Å². The summed E-state index contributed by atoms with van der Waals surface area (Å²) in [5.74, 6) is 0.192. The summed E-state index contributed by atoms with van der Waals surface area (Å²) in [6.07, 6.45) is 3.95. The first-order valence-corrected chi connectivity index (χ1v) is 9.10. The predicted molar refractivity (Wildman–Crippen MR) is 81.2 cm³/mol. The lowest BCUT2D eigenvalue weighted by molar-refractivity contribution is 0.183. The highest BCUT2D eigenvalue weighted by atomic mass is 32.2. The first-order chi connectivity index (χ1) is 9.60. The van der Waals surface area contributed by atoms with Crippen LogP contribution in [-0.4, -0.2) is 76.4 Å². The molecule has 0 aromatic carbocycles. The third-order valence-corrected chi connectivity index (χ3v) is 5.61. The van der Waals surface area contributed by atoms with Gasteiger partial charge in [-0.2, -0.15) is 4.31 Å². The van der Waals surface area contributed by atoms with Gasteiger partial charge in [0.05, 0.1) is 5.75 Å². The minimum atomic E-state index is -3.10. The van der Waals surface area contributed by atoms with Crippen molar-refractivity contribution in [3.63, 3.8) is 0 Å². The Balaban J connectivity index is 2.23. The number of unbranched alkanes of at least 4 members (excludes halogenated alkanes) is 2. The van der Waals surface area contributed by atoms with Gasteiger partial charge in [-0.1, -0.05) is 6.42 Å². The number of nitrogens with zero attached hydrogens (tertiary/aromatic N) is 2. The van der Waals surface area contributed by atoms with Gasteiger partial charge in [-0.3, -0.25) is 0 Å². The summed E-state index contributed by atoms with van der Waals surface area (Å²) >= 11 is 0. The highest BCUT2D eigenvalue weighted by molar-refractivity contribution is 7.89. The molecular formula is C13H29N3O3S. The van der Waals surface area contributed by atoms with Gasteiger partial charge in [-0.25, -0.2) is 8.42 Å². The van der Waals surface area contributed by atoms with Gasteiger partial charge in [0.15, 0.2) is 0 Å². The molecule has 1 fully saturated rings. The van der Waals surface area contributed by atoms with E-state index >= 15 is 0 Å². The summed E-state index contributed by atoms with van der Waals surface area (Å²) in [4.78, 5) is 2.34. The van der Waals surface area contributed by atoms with Crippen LogP contribution in [0.25, 0.3) is 0 Å². The molecule has 0 aliphatic carbocycles. The summed E-state index contributed by atoms with van der Waals surface area (Å²) < 4.78 is 30.7. The minimum absolute atomic E-state index is 0.192. The number of nitrogens with two attached hydrogens (primary N) is 1. The van der Waals surface area contributed by atoms with Crippen LogP contribution in [0.2, 0.25) is 0 Å². The summed E-state index contributed by atoms with van der Waals surface area (Å²) in [6.45, 7) is 5.22. The lowest BCUT2D eigenvalue weighted by Gasteiger charge is -2.34. The van der Waals surface area contributed by atoms with Crippen molar-refractivity contribution in [1.82, 2.24) is 9.21 Å². The molecule has 0 spiro atoms. The third-order valence-electron chi connectivity index (χ3n) is 3.65. The van der Waals surface area contributed by atoms with Crippen LogP contribution in [0.4, 0.5) is 0 Å². The molecule has 6 nitrogen and oxygen atoms in total. The largest absolute Gasteiger partial charge is 0.385 e. The van der Waals surface area contributed by atoms with Crippen LogP contribution in [0.3, 0.4) is 0 Å². The molecular weight excluding hydrogens is 278 g/mol. The van der Waals surface area contributed by atoms with E-state index in [1.165, 1.54) is 0 Å². The van der Waals surface area contributed by atoms with E-state index in [1.54, 1.807) is 11.4 Å². The molecule has 1 heterocycles. The van der Waals surface area contributed by atoms with Crippen LogP contribution in [0.1, 0.15) is 25.7 Å². The topological polar surface area (TPSA) is 75.9 Å². The number of hydrogen-bond donors (Lipinski definition) is 1. The van der Waals surface area contributed by atoms with Gasteiger partial charge in [-0.05, 0) is 32.4 Å². The molecule has 0 amide bonds. The lowest BCUT2D eigenvalue weighted by Crippen LogP contribution is -2.49. The maximum atomic E-state index is 12.1. The molecule has 1 aliphatic heterocycles. The van der Waals surface area contributed by atoms with E-state index < -0.39 is 10.0 Å². The Hall–Kier alpha value is -0.210. The van der Waals surface area contributed by atoms with E-state index in [0.29, 0.717) is 26.1 Å². The fourth-order valence-electron chi connectivity index (χ4n) is 2.40. The molecule has 1 rings (SSSR count). The second-order valence-electron chi connectivity index (χ2n) is 5.25. The van der Waals surface area contributed by atoms with Gasteiger partial charge in [0.25, 0.3) is 0 Å². The number of hydrogen-bond acceptors (Lipinski definition) is 5. The molecule has 7 heteroatoms. The fraction of sp³-hybridized carbons (Fsp3) is 1.00. The first kappa shape index (κ1) is 17.8. The van der Waals surface area contributed by atoms with Crippen LogP contribution in [0.15, 0.2) is 0 Å². The fourth-order valence-corrected chi connectivity index (χ4v) is 3.86. The van der Waals surface area contributed by atoms with E-state index in [9.17, 15) is 8.42 Å². The number of sulfonamides is 1. The molecule has 0 saturated carbocycles. The quantitative estimate of drug-likeness (QED) is 0.579. The maximum Gasteiger partial charge on any atom is 0.214 e.